The fourth-order valence-electron chi connectivity index (χ4n) is 1.59. The highest BCUT2D eigenvalue weighted by molar-refractivity contribution is 6.22. The molecule has 0 amide bonds. The molecule has 0 bridgehead atoms. The van der Waals surface area contributed by atoms with E-state index in [0.717, 1.165) is 0 Å². The van der Waals surface area contributed by atoms with E-state index in [0.29, 0.717) is 5.70 Å². The molecule has 0 aliphatic carbocycles. The fourth-order valence-corrected chi connectivity index (χ4v) is 1.59. The van der Waals surface area contributed by atoms with Crippen LogP contribution in [0.25, 0.3) is 0 Å². The van der Waals surface area contributed by atoms with Crippen molar-refractivity contribution in [2.24, 2.45) is 0 Å². The lowest BCUT2D eigenvalue weighted by atomic mass is 10.1. The van der Waals surface area contributed by atoms with Crippen LogP contribution in [0.2, 0.25) is 0 Å². The molecular formula is C10H15NO5. The Morgan fingerprint density at radius 2 is 1.88 bits per heavy atom. The highest BCUT2D eigenvalue weighted by atomic mass is 16.5. The molecule has 6 nitrogen and oxygen atoms in total. The van der Waals surface area contributed by atoms with Gasteiger partial charge in [-0.2, -0.15) is 0 Å². The number of esters is 1. The van der Waals surface area contributed by atoms with Crippen LogP contribution in [0.15, 0.2) is 11.3 Å². The van der Waals surface area contributed by atoms with E-state index < -0.39 is 5.97 Å². The zero-order valence-electron chi connectivity index (χ0n) is 9.10. The van der Waals surface area contributed by atoms with Crippen LogP contribution in [0.5, 0.6) is 0 Å². The Morgan fingerprint density at radius 1 is 1.31 bits per heavy atom. The van der Waals surface area contributed by atoms with E-state index in [1.807, 2.05) is 0 Å². The SMILES string of the molecule is C/C(=C1\C(=O)COC1=O)N(CCO)CCO. The number of hydrogen-bond donors (Lipinski definition) is 2. The van der Waals surface area contributed by atoms with Gasteiger partial charge in [-0.3, -0.25) is 4.79 Å². The molecular weight excluding hydrogens is 214 g/mol. The number of cyclic esters (lactones) is 1. The maximum Gasteiger partial charge on any atom is 0.344 e. The molecule has 1 saturated heterocycles. The van der Waals surface area contributed by atoms with Crippen molar-refractivity contribution >= 4 is 11.8 Å². The number of aliphatic hydroxyl groups is 2. The van der Waals surface area contributed by atoms with Gasteiger partial charge in [0.2, 0.25) is 5.78 Å². The maximum atomic E-state index is 11.4. The lowest BCUT2D eigenvalue weighted by Gasteiger charge is -2.24. The zero-order chi connectivity index (χ0) is 12.1. The minimum Gasteiger partial charge on any atom is -0.454 e. The lowest BCUT2D eigenvalue weighted by Crippen LogP contribution is -2.30. The summed E-state index contributed by atoms with van der Waals surface area (Å²) in [7, 11) is 0. The number of carbonyl (C=O) groups is 2. The highest BCUT2D eigenvalue weighted by Crippen LogP contribution is 2.17. The van der Waals surface area contributed by atoms with E-state index in [4.69, 9.17) is 10.2 Å². The summed E-state index contributed by atoms with van der Waals surface area (Å²) >= 11 is 0. The summed E-state index contributed by atoms with van der Waals surface area (Å²) in [4.78, 5) is 24.3. The van der Waals surface area contributed by atoms with Crippen LogP contribution in [0, 0.1) is 0 Å². The Morgan fingerprint density at radius 3 is 2.25 bits per heavy atom. The Hall–Kier alpha value is -1.40. The van der Waals surface area contributed by atoms with Gasteiger partial charge in [-0.05, 0) is 6.92 Å². The average Bonchev–Trinajstić information content (AvgIpc) is 2.57. The molecule has 0 aromatic carbocycles. The van der Waals surface area contributed by atoms with Crippen LogP contribution in [0.4, 0.5) is 0 Å². The number of hydrogen-bond acceptors (Lipinski definition) is 6. The molecule has 1 aliphatic rings. The Balaban J connectivity index is 2.93. The third-order valence-corrected chi connectivity index (χ3v) is 2.39. The van der Waals surface area contributed by atoms with Crippen LogP contribution in [0.1, 0.15) is 6.92 Å². The standard InChI is InChI=1S/C10H15NO5/c1-7(11(2-4-12)3-5-13)9-8(14)6-16-10(9)15/h12-13H,2-6H2,1H3/b9-7-. The Bertz CT molecular complexity index is 299. The average molecular weight is 229 g/mol. The van der Waals surface area contributed by atoms with Gasteiger partial charge in [-0.1, -0.05) is 0 Å². The molecule has 1 rings (SSSR count). The van der Waals surface area contributed by atoms with Crippen molar-refractivity contribution in [3.8, 4) is 0 Å². The number of allylic oxidation sites excluding steroid dienone is 1. The van der Waals surface area contributed by atoms with Gasteiger partial charge in [-0.15, -0.1) is 0 Å². The summed E-state index contributed by atoms with van der Waals surface area (Å²) in [5.41, 5.74) is 0.456. The quantitative estimate of drug-likeness (QED) is 0.345. The topological polar surface area (TPSA) is 87.1 Å². The van der Waals surface area contributed by atoms with Crippen molar-refractivity contribution < 1.29 is 24.5 Å². The van der Waals surface area contributed by atoms with E-state index in [1.54, 1.807) is 11.8 Å². The van der Waals surface area contributed by atoms with E-state index in [1.165, 1.54) is 0 Å². The largest absolute Gasteiger partial charge is 0.454 e. The third kappa shape index (κ3) is 2.59. The van der Waals surface area contributed by atoms with Crippen LogP contribution in [-0.4, -0.2) is 59.8 Å². The second-order valence-corrected chi connectivity index (χ2v) is 3.39. The molecule has 0 aromatic heterocycles. The molecule has 1 aliphatic heterocycles. The van der Waals surface area contributed by atoms with Gasteiger partial charge in [-0.25, -0.2) is 4.79 Å². The van der Waals surface area contributed by atoms with Gasteiger partial charge in [0.25, 0.3) is 0 Å². The first-order valence-corrected chi connectivity index (χ1v) is 4.99. The van der Waals surface area contributed by atoms with Gasteiger partial charge in [0, 0.05) is 18.8 Å². The van der Waals surface area contributed by atoms with Gasteiger partial charge in [0.15, 0.2) is 6.61 Å². The summed E-state index contributed by atoms with van der Waals surface area (Å²) in [5, 5.41) is 17.7. The molecule has 90 valence electrons. The second kappa shape index (κ2) is 5.62. The molecule has 16 heavy (non-hydrogen) atoms. The van der Waals surface area contributed by atoms with Gasteiger partial charge in [0.1, 0.15) is 5.57 Å². The Kier molecular flexibility index (Phi) is 4.45. The predicted octanol–water partition coefficient (Wildman–Crippen LogP) is -1.33. The van der Waals surface area contributed by atoms with E-state index in [-0.39, 0.29) is 44.3 Å². The molecule has 0 radical (unpaired) electrons. The highest BCUT2D eigenvalue weighted by Gasteiger charge is 2.31. The van der Waals surface area contributed by atoms with Gasteiger partial charge in [0.05, 0.1) is 13.2 Å². The van der Waals surface area contributed by atoms with Crippen molar-refractivity contribution in [1.82, 2.24) is 4.90 Å². The number of ether oxygens (including phenoxy) is 1. The molecule has 0 saturated carbocycles. The molecule has 0 aromatic rings. The Labute approximate surface area is 93.1 Å². The first-order valence-electron chi connectivity index (χ1n) is 4.99. The summed E-state index contributed by atoms with van der Waals surface area (Å²) in [6.45, 7) is 1.66. The molecule has 1 fully saturated rings. The van der Waals surface area contributed by atoms with Crippen LogP contribution < -0.4 is 0 Å². The monoisotopic (exact) mass is 229 g/mol. The van der Waals surface area contributed by atoms with E-state index in [2.05, 4.69) is 4.74 Å². The first-order chi connectivity index (χ1) is 7.61. The normalized spacial score (nSPS) is 18.7. The molecule has 0 spiro atoms. The van der Waals surface area contributed by atoms with Crippen molar-refractivity contribution in [3.63, 3.8) is 0 Å². The minimum absolute atomic E-state index is 0.0156. The maximum absolute atomic E-state index is 11.4. The molecule has 2 N–H and O–H groups in total. The smallest absolute Gasteiger partial charge is 0.344 e. The van der Waals surface area contributed by atoms with Crippen LogP contribution in [-0.2, 0) is 14.3 Å². The third-order valence-electron chi connectivity index (χ3n) is 2.39. The molecule has 0 atom stereocenters. The second-order valence-electron chi connectivity index (χ2n) is 3.39. The molecule has 1 heterocycles. The van der Waals surface area contributed by atoms with Gasteiger partial charge < -0.3 is 19.8 Å². The minimum atomic E-state index is -0.636. The molecule has 6 heteroatoms. The number of rotatable bonds is 5. The van der Waals surface area contributed by atoms with Crippen molar-refractivity contribution in [2.45, 2.75) is 6.92 Å². The van der Waals surface area contributed by atoms with Crippen LogP contribution >= 0.6 is 0 Å². The summed E-state index contributed by atoms with van der Waals surface area (Å²) in [6, 6.07) is 0. The zero-order valence-corrected chi connectivity index (χ0v) is 9.10. The fraction of sp³-hybridized carbons (Fsp3) is 0.600. The first kappa shape index (κ1) is 12.7. The summed E-state index contributed by atoms with van der Waals surface area (Å²) < 4.78 is 4.61. The van der Waals surface area contributed by atoms with Crippen molar-refractivity contribution in [2.75, 3.05) is 32.9 Å². The number of Topliss-reactive ketones (excluding diaryl/α,β-unsaturated/α-hetero) is 1. The number of ketones is 1. The summed E-state index contributed by atoms with van der Waals surface area (Å²) in [5.74, 6) is -0.994. The lowest BCUT2D eigenvalue weighted by molar-refractivity contribution is -0.135. The number of nitrogens with zero attached hydrogens (tertiary/aromatic N) is 1. The van der Waals surface area contributed by atoms with E-state index >= 15 is 0 Å². The summed E-state index contributed by atoms with van der Waals surface area (Å²) in [6.07, 6.45) is 0. The van der Waals surface area contributed by atoms with Gasteiger partial charge >= 0.3 is 5.97 Å². The number of carbonyl (C=O) groups excluding carboxylic acids is 2. The number of aliphatic hydroxyl groups excluding tert-OH is 2. The van der Waals surface area contributed by atoms with Crippen molar-refractivity contribution in [3.05, 3.63) is 11.3 Å². The van der Waals surface area contributed by atoms with Crippen molar-refractivity contribution in [1.29, 1.82) is 0 Å². The van der Waals surface area contributed by atoms with E-state index in [9.17, 15) is 9.59 Å². The van der Waals surface area contributed by atoms with Crippen LogP contribution in [0.3, 0.4) is 0 Å². The predicted molar refractivity (Wildman–Crippen MR) is 54.4 cm³/mol. The molecule has 0 unspecified atom stereocenters.